The number of fused-ring (bicyclic) bond motifs is 2. The molecule has 0 bridgehead atoms. The molecule has 0 aliphatic carbocycles. The second kappa shape index (κ2) is 9.42. The van der Waals surface area contributed by atoms with Gasteiger partial charge in [0, 0.05) is 23.3 Å². The summed E-state index contributed by atoms with van der Waals surface area (Å²) in [5.41, 5.74) is 4.89. The van der Waals surface area contributed by atoms with E-state index >= 15 is 0 Å². The number of carbonyl (C=O) groups is 1. The van der Waals surface area contributed by atoms with E-state index in [0.717, 1.165) is 51.2 Å². The van der Waals surface area contributed by atoms with Crippen molar-refractivity contribution in [2.75, 3.05) is 12.0 Å². The fourth-order valence-electron chi connectivity index (χ4n) is 3.92. The van der Waals surface area contributed by atoms with Crippen LogP contribution in [0.3, 0.4) is 0 Å². The molecule has 0 aliphatic rings. The van der Waals surface area contributed by atoms with Crippen molar-refractivity contribution >= 4 is 39.6 Å². The first-order chi connectivity index (χ1) is 16.2. The molecule has 0 spiro atoms. The maximum Gasteiger partial charge on any atom is 0.252 e. The van der Waals surface area contributed by atoms with Crippen molar-refractivity contribution in [3.63, 3.8) is 0 Å². The van der Waals surface area contributed by atoms with Gasteiger partial charge in [-0.2, -0.15) is 11.8 Å². The molecule has 2 aromatic carbocycles. The van der Waals surface area contributed by atoms with Gasteiger partial charge in [-0.1, -0.05) is 30.3 Å². The molecule has 6 nitrogen and oxygen atoms in total. The molecule has 0 radical (unpaired) electrons. The van der Waals surface area contributed by atoms with E-state index in [1.54, 1.807) is 24.2 Å². The smallest absolute Gasteiger partial charge is 0.252 e. The number of carbonyl (C=O) groups excluding carboxylic acids is 1. The van der Waals surface area contributed by atoms with Crippen LogP contribution in [-0.4, -0.2) is 37.9 Å². The third kappa shape index (κ3) is 4.45. The van der Waals surface area contributed by atoms with Crippen LogP contribution in [0.15, 0.2) is 79.1 Å². The van der Waals surface area contributed by atoms with E-state index in [2.05, 4.69) is 21.5 Å². The van der Waals surface area contributed by atoms with Gasteiger partial charge in [0.05, 0.1) is 33.8 Å². The summed E-state index contributed by atoms with van der Waals surface area (Å²) in [5, 5.41) is 4.05. The molecule has 3 heterocycles. The van der Waals surface area contributed by atoms with Gasteiger partial charge in [0.2, 0.25) is 0 Å². The molecule has 5 rings (SSSR count). The molecule has 0 fully saturated rings. The summed E-state index contributed by atoms with van der Waals surface area (Å²) in [6.07, 6.45) is 6.29. The molecule has 33 heavy (non-hydrogen) atoms. The SMILES string of the molecule is CSCCC(NC(=O)c1cc(-c2ccncc2)nc2ccccc12)c1nc2ccccc2[nH]1. The summed E-state index contributed by atoms with van der Waals surface area (Å²) < 4.78 is 0. The van der Waals surface area contributed by atoms with E-state index in [4.69, 9.17) is 9.97 Å². The monoisotopic (exact) mass is 453 g/mol. The number of rotatable bonds is 7. The molecular weight excluding hydrogens is 430 g/mol. The highest BCUT2D eigenvalue weighted by molar-refractivity contribution is 7.98. The lowest BCUT2D eigenvalue weighted by molar-refractivity contribution is 0.0936. The minimum Gasteiger partial charge on any atom is -0.342 e. The van der Waals surface area contributed by atoms with Crippen LogP contribution >= 0.6 is 11.8 Å². The molecule has 0 saturated carbocycles. The number of benzene rings is 2. The number of aromatic amines is 1. The Bertz CT molecular complexity index is 1380. The third-order valence-corrected chi connectivity index (χ3v) is 6.23. The molecule has 2 N–H and O–H groups in total. The number of nitrogens with one attached hydrogen (secondary N) is 2. The molecule has 1 unspecified atom stereocenters. The first-order valence-electron chi connectivity index (χ1n) is 10.8. The topological polar surface area (TPSA) is 83.6 Å². The van der Waals surface area contributed by atoms with Crippen molar-refractivity contribution in [2.45, 2.75) is 12.5 Å². The average Bonchev–Trinajstić information content (AvgIpc) is 3.30. The van der Waals surface area contributed by atoms with Crippen LogP contribution in [0.1, 0.15) is 28.6 Å². The number of hydrogen-bond donors (Lipinski definition) is 2. The number of amides is 1. The molecular formula is C26H23N5OS. The zero-order chi connectivity index (χ0) is 22.6. The Morgan fingerprint density at radius 1 is 1.00 bits per heavy atom. The molecule has 0 saturated heterocycles. The van der Waals surface area contributed by atoms with Gasteiger partial charge >= 0.3 is 0 Å². The molecule has 164 valence electrons. The summed E-state index contributed by atoms with van der Waals surface area (Å²) in [7, 11) is 0. The van der Waals surface area contributed by atoms with Crippen LogP contribution in [0.2, 0.25) is 0 Å². The summed E-state index contributed by atoms with van der Waals surface area (Å²) in [6.45, 7) is 0. The van der Waals surface area contributed by atoms with Crippen molar-refractivity contribution in [1.82, 2.24) is 25.3 Å². The zero-order valence-corrected chi connectivity index (χ0v) is 19.0. The second-order valence-corrected chi connectivity index (χ2v) is 8.74. The molecule has 1 amide bonds. The number of hydrogen-bond acceptors (Lipinski definition) is 5. The van der Waals surface area contributed by atoms with Crippen molar-refractivity contribution in [2.24, 2.45) is 0 Å². The largest absolute Gasteiger partial charge is 0.342 e. The van der Waals surface area contributed by atoms with Gasteiger partial charge in [-0.25, -0.2) is 9.97 Å². The van der Waals surface area contributed by atoms with Crippen LogP contribution in [0, 0.1) is 0 Å². The van der Waals surface area contributed by atoms with Gasteiger partial charge in [0.1, 0.15) is 5.82 Å². The normalized spacial score (nSPS) is 12.2. The van der Waals surface area contributed by atoms with Gasteiger partial charge in [-0.3, -0.25) is 9.78 Å². The Hall–Kier alpha value is -3.71. The summed E-state index contributed by atoms with van der Waals surface area (Å²) in [5.74, 6) is 1.53. The highest BCUT2D eigenvalue weighted by atomic mass is 32.2. The first kappa shape index (κ1) is 21.2. The minimum atomic E-state index is -0.228. The first-order valence-corrected chi connectivity index (χ1v) is 12.2. The molecule has 0 aliphatic heterocycles. The highest BCUT2D eigenvalue weighted by Crippen LogP contribution is 2.26. The van der Waals surface area contributed by atoms with Crippen LogP contribution < -0.4 is 5.32 Å². The lowest BCUT2D eigenvalue weighted by atomic mass is 10.0. The van der Waals surface area contributed by atoms with Crippen LogP contribution in [-0.2, 0) is 0 Å². The summed E-state index contributed by atoms with van der Waals surface area (Å²) in [6, 6.07) is 21.1. The number of imidazole rings is 1. The standard InChI is InChI=1S/C26H23N5OS/c1-33-15-12-23(25-29-21-8-4-5-9-22(21)30-25)31-26(32)19-16-24(17-10-13-27-14-11-17)28-20-7-3-2-6-18(19)20/h2-11,13-14,16,23H,12,15H2,1H3,(H,29,30)(H,31,32). The van der Waals surface area contributed by atoms with E-state index in [1.807, 2.05) is 66.7 Å². The average molecular weight is 454 g/mol. The number of thioether (sulfide) groups is 1. The van der Waals surface area contributed by atoms with Crippen LogP contribution in [0.25, 0.3) is 33.2 Å². The third-order valence-electron chi connectivity index (χ3n) is 5.59. The number of H-pyrrole nitrogens is 1. The highest BCUT2D eigenvalue weighted by Gasteiger charge is 2.21. The lowest BCUT2D eigenvalue weighted by Gasteiger charge is -2.17. The molecule has 5 aromatic rings. The second-order valence-electron chi connectivity index (χ2n) is 7.75. The Kier molecular flexibility index (Phi) is 6.04. The number of aromatic nitrogens is 4. The van der Waals surface area contributed by atoms with Gasteiger partial charge in [-0.15, -0.1) is 0 Å². The molecule has 7 heteroatoms. The van der Waals surface area contributed by atoms with E-state index in [-0.39, 0.29) is 11.9 Å². The van der Waals surface area contributed by atoms with Crippen molar-refractivity contribution < 1.29 is 4.79 Å². The maximum atomic E-state index is 13.6. The fourth-order valence-corrected chi connectivity index (χ4v) is 4.39. The number of para-hydroxylation sites is 3. The fraction of sp³-hybridized carbons (Fsp3) is 0.154. The van der Waals surface area contributed by atoms with Gasteiger partial charge in [0.25, 0.3) is 5.91 Å². The van der Waals surface area contributed by atoms with Gasteiger partial charge in [-0.05, 0) is 54.8 Å². The van der Waals surface area contributed by atoms with Gasteiger partial charge in [0.15, 0.2) is 0 Å². The minimum absolute atomic E-state index is 0.143. The Morgan fingerprint density at radius 2 is 1.76 bits per heavy atom. The van der Waals surface area contributed by atoms with Crippen LogP contribution in [0.4, 0.5) is 0 Å². The molecule has 1 atom stereocenters. The van der Waals surface area contributed by atoms with Gasteiger partial charge < -0.3 is 10.3 Å². The van der Waals surface area contributed by atoms with E-state index < -0.39 is 0 Å². The Labute approximate surface area is 195 Å². The maximum absolute atomic E-state index is 13.6. The number of pyridine rings is 2. The quantitative estimate of drug-likeness (QED) is 0.345. The number of nitrogens with zero attached hydrogens (tertiary/aromatic N) is 3. The molecule has 3 aromatic heterocycles. The zero-order valence-electron chi connectivity index (χ0n) is 18.2. The summed E-state index contributed by atoms with van der Waals surface area (Å²) in [4.78, 5) is 30.6. The van der Waals surface area contributed by atoms with E-state index in [1.165, 1.54) is 0 Å². The van der Waals surface area contributed by atoms with E-state index in [9.17, 15) is 4.79 Å². The Morgan fingerprint density at radius 3 is 2.55 bits per heavy atom. The Balaban J connectivity index is 1.53. The predicted molar refractivity (Wildman–Crippen MR) is 134 cm³/mol. The van der Waals surface area contributed by atoms with Crippen molar-refractivity contribution in [1.29, 1.82) is 0 Å². The van der Waals surface area contributed by atoms with E-state index in [0.29, 0.717) is 5.56 Å². The van der Waals surface area contributed by atoms with Crippen molar-refractivity contribution in [3.8, 4) is 11.3 Å². The predicted octanol–water partition coefficient (Wildman–Crippen LogP) is 5.40. The lowest BCUT2D eigenvalue weighted by Crippen LogP contribution is -2.30. The summed E-state index contributed by atoms with van der Waals surface area (Å²) >= 11 is 1.75. The van der Waals surface area contributed by atoms with Crippen molar-refractivity contribution in [3.05, 3.63) is 90.5 Å². The van der Waals surface area contributed by atoms with Crippen LogP contribution in [0.5, 0.6) is 0 Å².